The summed E-state index contributed by atoms with van der Waals surface area (Å²) >= 11 is 8.56. The van der Waals surface area contributed by atoms with Crippen molar-refractivity contribution in [3.8, 4) is 0 Å². The van der Waals surface area contributed by atoms with E-state index < -0.39 is 0 Å². The van der Waals surface area contributed by atoms with Gasteiger partial charge in [-0.15, -0.1) is 0 Å². The number of rotatable bonds is 9. The van der Waals surface area contributed by atoms with Gasteiger partial charge in [-0.3, -0.25) is 14.9 Å². The second-order valence-electron chi connectivity index (χ2n) is 7.09. The molecule has 2 N–H and O–H groups in total. The fourth-order valence-corrected chi connectivity index (χ4v) is 3.35. The van der Waals surface area contributed by atoms with Crippen LogP contribution in [0.15, 0.2) is 53.0 Å². The van der Waals surface area contributed by atoms with E-state index in [1.54, 1.807) is 18.2 Å². The molecule has 0 atom stereocenters. The normalized spacial score (nSPS) is 10.6. The summed E-state index contributed by atoms with van der Waals surface area (Å²) in [7, 11) is 4.07. The predicted molar refractivity (Wildman–Crippen MR) is 125 cm³/mol. The molecule has 0 saturated heterocycles. The Balaban J connectivity index is 1.78. The smallest absolute Gasteiger partial charge is 0.257 e. The Morgan fingerprint density at radius 2 is 1.79 bits per heavy atom. The SMILES string of the molecule is CN(C)CCCCC(=O)Cc1ccc(NC(=S)NC(=O)c2cccc(Br)c2)cc1. The van der Waals surface area contributed by atoms with E-state index in [2.05, 4.69) is 31.5 Å². The molecule has 2 rings (SSSR count). The number of anilines is 1. The van der Waals surface area contributed by atoms with Gasteiger partial charge in [-0.25, -0.2) is 0 Å². The molecule has 2 aromatic rings. The summed E-state index contributed by atoms with van der Waals surface area (Å²) in [6.07, 6.45) is 3.00. The minimum atomic E-state index is -0.278. The summed E-state index contributed by atoms with van der Waals surface area (Å²) in [5, 5.41) is 5.87. The number of halogens is 1. The van der Waals surface area contributed by atoms with Gasteiger partial charge in [-0.1, -0.05) is 34.1 Å². The van der Waals surface area contributed by atoms with E-state index in [0.29, 0.717) is 18.4 Å². The van der Waals surface area contributed by atoms with Crippen LogP contribution in [-0.4, -0.2) is 42.3 Å². The highest BCUT2D eigenvalue weighted by Crippen LogP contribution is 2.13. The third kappa shape index (κ3) is 8.85. The Kier molecular flexibility index (Phi) is 9.44. The van der Waals surface area contributed by atoms with Gasteiger partial charge in [0, 0.05) is 28.6 Å². The monoisotopic (exact) mass is 475 g/mol. The number of hydrogen-bond donors (Lipinski definition) is 2. The standard InChI is InChI=1S/C22H26BrN3O2S/c1-26(2)13-4-3-8-20(27)14-16-9-11-19(12-10-16)24-22(29)25-21(28)17-6-5-7-18(23)15-17/h5-7,9-12,15H,3-4,8,13-14H2,1-2H3,(H2,24,25,28,29). The number of amides is 1. The van der Waals surface area contributed by atoms with Gasteiger partial charge in [0.1, 0.15) is 5.78 Å². The van der Waals surface area contributed by atoms with Crippen LogP contribution in [0, 0.1) is 0 Å². The van der Waals surface area contributed by atoms with Gasteiger partial charge in [0.2, 0.25) is 0 Å². The first-order valence-electron chi connectivity index (χ1n) is 9.47. The van der Waals surface area contributed by atoms with Gasteiger partial charge in [-0.05, 0) is 81.6 Å². The van der Waals surface area contributed by atoms with Crippen molar-refractivity contribution in [3.63, 3.8) is 0 Å². The van der Waals surface area contributed by atoms with Crippen LogP contribution >= 0.6 is 28.1 Å². The zero-order valence-electron chi connectivity index (χ0n) is 16.7. The Morgan fingerprint density at radius 1 is 1.07 bits per heavy atom. The molecule has 2 aromatic carbocycles. The van der Waals surface area contributed by atoms with Crippen LogP contribution in [-0.2, 0) is 11.2 Å². The van der Waals surface area contributed by atoms with E-state index in [4.69, 9.17) is 12.2 Å². The largest absolute Gasteiger partial charge is 0.332 e. The molecule has 7 heteroatoms. The number of unbranched alkanes of at least 4 members (excludes halogenated alkanes) is 1. The maximum absolute atomic E-state index is 12.2. The zero-order chi connectivity index (χ0) is 21.2. The molecule has 1 amide bonds. The van der Waals surface area contributed by atoms with Crippen LogP contribution in [0.5, 0.6) is 0 Å². The highest BCUT2D eigenvalue weighted by Gasteiger charge is 2.09. The van der Waals surface area contributed by atoms with E-state index in [1.165, 1.54) is 0 Å². The molecule has 0 radical (unpaired) electrons. The average Bonchev–Trinajstić information content (AvgIpc) is 2.66. The second kappa shape index (κ2) is 11.8. The van der Waals surface area contributed by atoms with Crippen LogP contribution in [0.2, 0.25) is 0 Å². The maximum Gasteiger partial charge on any atom is 0.257 e. The van der Waals surface area contributed by atoms with Crippen LogP contribution in [0.3, 0.4) is 0 Å². The molecule has 0 unspecified atom stereocenters. The zero-order valence-corrected chi connectivity index (χ0v) is 19.1. The van der Waals surface area contributed by atoms with Crippen LogP contribution in [0.1, 0.15) is 35.2 Å². The van der Waals surface area contributed by atoms with Gasteiger partial charge in [-0.2, -0.15) is 0 Å². The van der Waals surface area contributed by atoms with Crippen LogP contribution in [0.25, 0.3) is 0 Å². The first-order chi connectivity index (χ1) is 13.8. The van der Waals surface area contributed by atoms with Gasteiger partial charge >= 0.3 is 0 Å². The Hall–Kier alpha value is -2.09. The number of nitrogens with one attached hydrogen (secondary N) is 2. The van der Waals surface area contributed by atoms with Crippen molar-refractivity contribution in [2.75, 3.05) is 26.0 Å². The Morgan fingerprint density at radius 3 is 2.45 bits per heavy atom. The number of carbonyl (C=O) groups excluding carboxylic acids is 2. The van der Waals surface area contributed by atoms with Crippen molar-refractivity contribution in [1.29, 1.82) is 0 Å². The topological polar surface area (TPSA) is 61.4 Å². The average molecular weight is 476 g/mol. The predicted octanol–water partition coefficient (Wildman–Crippen LogP) is 4.42. The molecule has 0 fully saturated rings. The lowest BCUT2D eigenvalue weighted by Gasteiger charge is -2.10. The van der Waals surface area contributed by atoms with E-state index >= 15 is 0 Å². The molecule has 0 aliphatic heterocycles. The lowest BCUT2D eigenvalue weighted by Crippen LogP contribution is -2.34. The van der Waals surface area contributed by atoms with Gasteiger partial charge in [0.05, 0.1) is 0 Å². The van der Waals surface area contributed by atoms with Gasteiger partial charge in [0.15, 0.2) is 5.11 Å². The Labute approximate surface area is 186 Å². The van der Waals surface area contributed by atoms with Crippen molar-refractivity contribution < 1.29 is 9.59 Å². The second-order valence-corrected chi connectivity index (χ2v) is 8.42. The van der Waals surface area contributed by atoms with Crippen molar-refractivity contribution in [2.45, 2.75) is 25.7 Å². The van der Waals surface area contributed by atoms with E-state index in [1.807, 2.05) is 44.4 Å². The van der Waals surface area contributed by atoms with Crippen LogP contribution in [0.4, 0.5) is 5.69 Å². The molecular weight excluding hydrogens is 450 g/mol. The molecular formula is C22H26BrN3O2S. The summed E-state index contributed by atoms with van der Waals surface area (Å²) in [5.74, 6) is -0.0263. The van der Waals surface area contributed by atoms with Gasteiger partial charge < -0.3 is 10.2 Å². The van der Waals surface area contributed by atoms with Crippen molar-refractivity contribution in [2.24, 2.45) is 0 Å². The van der Waals surface area contributed by atoms with E-state index in [9.17, 15) is 9.59 Å². The minimum absolute atomic E-state index is 0.222. The highest BCUT2D eigenvalue weighted by molar-refractivity contribution is 9.10. The molecule has 0 aliphatic rings. The van der Waals surface area contributed by atoms with E-state index in [0.717, 1.165) is 35.1 Å². The number of thiocarbonyl (C=S) groups is 1. The number of hydrogen-bond acceptors (Lipinski definition) is 4. The molecule has 0 spiro atoms. The number of nitrogens with zero attached hydrogens (tertiary/aromatic N) is 1. The fraction of sp³-hybridized carbons (Fsp3) is 0.318. The number of carbonyl (C=O) groups is 2. The minimum Gasteiger partial charge on any atom is -0.332 e. The fourth-order valence-electron chi connectivity index (χ4n) is 2.74. The highest BCUT2D eigenvalue weighted by atomic mass is 79.9. The molecule has 0 bridgehead atoms. The summed E-state index contributed by atoms with van der Waals surface area (Å²) in [6, 6.07) is 14.6. The van der Waals surface area contributed by atoms with E-state index in [-0.39, 0.29) is 16.8 Å². The molecule has 29 heavy (non-hydrogen) atoms. The van der Waals surface area contributed by atoms with Gasteiger partial charge in [0.25, 0.3) is 5.91 Å². The number of ketones is 1. The molecule has 0 heterocycles. The Bertz CT molecular complexity index is 853. The summed E-state index contributed by atoms with van der Waals surface area (Å²) in [4.78, 5) is 26.4. The lowest BCUT2D eigenvalue weighted by molar-refractivity contribution is -0.118. The lowest BCUT2D eigenvalue weighted by atomic mass is 10.0. The summed E-state index contributed by atoms with van der Waals surface area (Å²) in [6.45, 7) is 1.01. The van der Waals surface area contributed by atoms with Crippen molar-refractivity contribution in [3.05, 3.63) is 64.1 Å². The third-order valence-corrected chi connectivity index (χ3v) is 4.94. The molecule has 0 aromatic heterocycles. The third-order valence-electron chi connectivity index (χ3n) is 4.24. The molecule has 0 saturated carbocycles. The van der Waals surface area contributed by atoms with Crippen LogP contribution < -0.4 is 10.6 Å². The first-order valence-corrected chi connectivity index (χ1v) is 10.7. The quantitative estimate of drug-likeness (QED) is 0.415. The molecule has 0 aliphatic carbocycles. The first kappa shape index (κ1) is 23.2. The molecule has 5 nitrogen and oxygen atoms in total. The molecule has 154 valence electrons. The maximum atomic E-state index is 12.2. The summed E-state index contributed by atoms with van der Waals surface area (Å²) < 4.78 is 0.826. The number of benzene rings is 2. The van der Waals surface area contributed by atoms with Crippen molar-refractivity contribution >= 4 is 50.6 Å². The number of Topliss-reactive ketones (excluding diaryl/α,β-unsaturated/α-hetero) is 1. The van der Waals surface area contributed by atoms with Crippen molar-refractivity contribution in [1.82, 2.24) is 10.2 Å². The summed E-state index contributed by atoms with van der Waals surface area (Å²) in [5.41, 5.74) is 2.24.